The maximum absolute atomic E-state index is 13.6. The van der Waals surface area contributed by atoms with Crippen LogP contribution in [-0.2, 0) is 33.6 Å². The van der Waals surface area contributed by atoms with E-state index in [1.54, 1.807) is 0 Å². The number of carbonyl (C=O) groups excluding carboxylic acids is 7. The van der Waals surface area contributed by atoms with Gasteiger partial charge in [0.2, 0.25) is 41.4 Å². The maximum Gasteiger partial charge on any atom is 0.237 e. The Bertz CT molecular complexity index is 1600. The van der Waals surface area contributed by atoms with Crippen LogP contribution in [-0.4, -0.2) is 225 Å². The number of hydrogen-bond acceptors (Lipinski definition) is 13. The number of hydrogen-bond donors (Lipinski definition) is 7. The fraction of sp³-hybridized carbons (Fsp3) is 0.816. The van der Waals surface area contributed by atoms with E-state index in [0.717, 1.165) is 0 Å². The van der Waals surface area contributed by atoms with E-state index in [9.17, 15) is 33.6 Å². The van der Waals surface area contributed by atoms with Crippen LogP contribution in [0, 0.1) is 0 Å². The molecular formula is C38H65N13O7. The molecule has 20 heteroatoms. The van der Waals surface area contributed by atoms with E-state index in [-0.39, 0.29) is 77.7 Å². The molecule has 0 aliphatic carbocycles. The predicted octanol–water partition coefficient (Wildman–Crippen LogP) is -5.38. The molecule has 0 radical (unpaired) electrons. The summed E-state index contributed by atoms with van der Waals surface area (Å²) in [4.78, 5) is 102. The minimum absolute atomic E-state index is 0.0735. The van der Waals surface area contributed by atoms with Crippen molar-refractivity contribution in [2.45, 2.75) is 118 Å². The first-order chi connectivity index (χ1) is 27.4. The highest BCUT2D eigenvalue weighted by Crippen LogP contribution is 2.24. The average Bonchev–Trinajstić information content (AvgIpc) is 3.98. The summed E-state index contributed by atoms with van der Waals surface area (Å²) < 4.78 is 0. The van der Waals surface area contributed by atoms with Crippen LogP contribution in [0.15, 0.2) is 0 Å². The van der Waals surface area contributed by atoms with Crippen molar-refractivity contribution in [1.82, 2.24) is 61.3 Å². The van der Waals surface area contributed by atoms with E-state index in [0.29, 0.717) is 77.8 Å². The summed E-state index contributed by atoms with van der Waals surface area (Å²) in [7, 11) is 11.2. The van der Waals surface area contributed by atoms with E-state index in [4.69, 9.17) is 5.73 Å². The Morgan fingerprint density at radius 1 is 0.362 bits per heavy atom. The molecule has 7 amide bonds. The average molecular weight is 816 g/mol. The van der Waals surface area contributed by atoms with Crippen molar-refractivity contribution in [3.05, 3.63) is 0 Å². The molecule has 0 spiro atoms. The number of primary amides is 1. The molecule has 324 valence electrons. The molecule has 0 unspecified atom stereocenters. The molecule has 6 saturated heterocycles. The van der Waals surface area contributed by atoms with Crippen molar-refractivity contribution in [1.29, 1.82) is 0 Å². The van der Waals surface area contributed by atoms with E-state index >= 15 is 0 Å². The Morgan fingerprint density at radius 2 is 0.552 bits per heavy atom. The van der Waals surface area contributed by atoms with Gasteiger partial charge in [-0.05, 0) is 80.8 Å². The fourth-order valence-electron chi connectivity index (χ4n) is 10.3. The van der Waals surface area contributed by atoms with Crippen LogP contribution in [0.2, 0.25) is 0 Å². The number of amides is 7. The molecule has 6 aliphatic heterocycles. The van der Waals surface area contributed by atoms with Crippen LogP contribution in [0.3, 0.4) is 0 Å². The quantitative estimate of drug-likeness (QED) is 0.0976. The van der Waals surface area contributed by atoms with Crippen LogP contribution in [0.1, 0.15) is 45.4 Å². The molecule has 6 rings (SSSR count). The Balaban J connectivity index is 0.913. The topological polar surface area (TPSA) is 237 Å². The molecule has 0 saturated carbocycles. The zero-order valence-corrected chi connectivity index (χ0v) is 35.0. The van der Waals surface area contributed by atoms with Crippen molar-refractivity contribution >= 4 is 41.4 Å². The lowest BCUT2D eigenvalue weighted by Crippen LogP contribution is -2.47. The van der Waals surface area contributed by atoms with Gasteiger partial charge in [-0.1, -0.05) is 0 Å². The molecule has 6 aliphatic rings. The zero-order chi connectivity index (χ0) is 42.2. The third-order valence-corrected chi connectivity index (χ3v) is 13.3. The van der Waals surface area contributed by atoms with Crippen LogP contribution < -0.4 is 37.6 Å². The molecule has 20 nitrogen and oxygen atoms in total. The second-order valence-electron chi connectivity index (χ2n) is 18.0. The molecule has 0 bridgehead atoms. The van der Waals surface area contributed by atoms with Gasteiger partial charge in [-0.15, -0.1) is 0 Å². The minimum atomic E-state index is -0.440. The van der Waals surface area contributed by atoms with Crippen LogP contribution in [0.4, 0.5) is 0 Å². The van der Waals surface area contributed by atoms with Crippen molar-refractivity contribution in [2.24, 2.45) is 5.73 Å². The van der Waals surface area contributed by atoms with Crippen LogP contribution >= 0.6 is 0 Å². The monoisotopic (exact) mass is 816 g/mol. The highest BCUT2D eigenvalue weighted by molar-refractivity contribution is 5.87. The molecule has 6 fully saturated rings. The van der Waals surface area contributed by atoms with Crippen molar-refractivity contribution in [3.63, 3.8) is 0 Å². The molecule has 58 heavy (non-hydrogen) atoms. The highest BCUT2D eigenvalue weighted by Gasteiger charge is 2.44. The number of carbonyl (C=O) groups is 7. The van der Waals surface area contributed by atoms with Gasteiger partial charge >= 0.3 is 0 Å². The van der Waals surface area contributed by atoms with E-state index in [1.807, 2.05) is 71.7 Å². The predicted molar refractivity (Wildman–Crippen MR) is 213 cm³/mol. The van der Waals surface area contributed by atoms with Gasteiger partial charge in [-0.3, -0.25) is 63.0 Å². The molecular weight excluding hydrogens is 751 g/mol. The first-order valence-electron chi connectivity index (χ1n) is 20.7. The number of nitrogens with two attached hydrogens (primary N) is 1. The smallest absolute Gasteiger partial charge is 0.237 e. The lowest BCUT2D eigenvalue weighted by atomic mass is 10.1. The van der Waals surface area contributed by atoms with Crippen molar-refractivity contribution < 1.29 is 33.6 Å². The largest absolute Gasteiger partial charge is 0.368 e. The second kappa shape index (κ2) is 18.1. The molecule has 0 aromatic rings. The first-order valence-corrected chi connectivity index (χ1v) is 20.7. The van der Waals surface area contributed by atoms with Crippen molar-refractivity contribution in [2.75, 3.05) is 81.6 Å². The summed E-state index contributed by atoms with van der Waals surface area (Å²) in [5, 5.41) is 18.5. The maximum atomic E-state index is 13.6. The summed E-state index contributed by atoms with van der Waals surface area (Å²) in [6.45, 7) is 4.70. The molecule has 8 N–H and O–H groups in total. The Hall–Kier alpha value is -3.95. The van der Waals surface area contributed by atoms with Gasteiger partial charge in [-0.2, -0.15) is 0 Å². The standard InChI is InChI=1S/C38H65N13O7/c1-20(52)40-21-9-28(47(3)14-21)34(54)42-23-11-30(49(5)16-23)36(56)44-25-13-32(51(7)18-25)38(58)45-26-12-31(50(6)19-26)37(57)43-24-10-29(48(4)17-24)35(55)41-22-8-27(33(39)53)46(2)15-22/h21-32H,8-19H2,1-7H3,(H2,39,53)(H,40,52)(H,41,55)(H,42,54)(H,43,57)(H,44,56)(H,45,58)/t21-,22-,23-,24-,25-,26-,27-,28-,29-,30-,31-,32-/m0/s1. The van der Waals surface area contributed by atoms with Crippen molar-refractivity contribution in [3.8, 4) is 0 Å². The van der Waals surface area contributed by atoms with E-state index < -0.39 is 36.1 Å². The SMILES string of the molecule is CC(=O)N[C@H]1C[C@@H](C(=O)N[C@H]2C[C@@H](C(=O)N[C@H]3C[C@@H](C(=O)N[C@H]4C[C@@H](C(=O)N[C@H]5C[C@@H](C(=O)N[C@H]6C[C@@H](C(N)=O)N(C)C6)N(C)C5)N(C)C4)N(C)C3)N(C)C2)N(C)C1. The number of nitrogens with one attached hydrogen (secondary N) is 6. The Kier molecular flexibility index (Phi) is 13.6. The van der Waals surface area contributed by atoms with Gasteiger partial charge in [0, 0.05) is 82.4 Å². The first kappa shape index (κ1) is 43.6. The summed E-state index contributed by atoms with van der Waals surface area (Å²) in [6, 6.07) is -3.54. The lowest BCUT2D eigenvalue weighted by molar-refractivity contribution is -0.127. The summed E-state index contributed by atoms with van der Waals surface area (Å²) in [6.07, 6.45) is 2.85. The third-order valence-electron chi connectivity index (χ3n) is 13.3. The fourth-order valence-corrected chi connectivity index (χ4v) is 10.3. The molecule has 0 aromatic heterocycles. The molecule has 12 atom stereocenters. The Labute approximate surface area is 341 Å². The number of rotatable bonds is 12. The van der Waals surface area contributed by atoms with Gasteiger partial charge in [0.25, 0.3) is 0 Å². The van der Waals surface area contributed by atoms with Gasteiger partial charge in [0.1, 0.15) is 0 Å². The van der Waals surface area contributed by atoms with Gasteiger partial charge in [0.15, 0.2) is 0 Å². The number of likely N-dealkylation sites (tertiary alicyclic amines) is 6. The van der Waals surface area contributed by atoms with Gasteiger partial charge < -0.3 is 37.6 Å². The molecule has 0 aromatic carbocycles. The van der Waals surface area contributed by atoms with E-state index in [2.05, 4.69) is 31.9 Å². The normalized spacial score (nSPS) is 36.5. The summed E-state index contributed by atoms with van der Waals surface area (Å²) in [5.41, 5.74) is 5.50. The number of likely N-dealkylation sites (N-methyl/N-ethyl adjacent to an activating group) is 6. The molecule has 6 heterocycles. The van der Waals surface area contributed by atoms with Crippen LogP contribution in [0.25, 0.3) is 0 Å². The van der Waals surface area contributed by atoms with Crippen LogP contribution in [0.5, 0.6) is 0 Å². The number of nitrogens with zero attached hydrogens (tertiary/aromatic N) is 6. The second-order valence-corrected chi connectivity index (χ2v) is 18.0. The third kappa shape index (κ3) is 10.1. The van der Waals surface area contributed by atoms with Gasteiger partial charge in [0.05, 0.1) is 36.3 Å². The Morgan fingerprint density at radius 3 is 0.741 bits per heavy atom. The summed E-state index contributed by atoms with van der Waals surface area (Å²) in [5.74, 6) is -1.16. The highest BCUT2D eigenvalue weighted by atomic mass is 16.2. The van der Waals surface area contributed by atoms with E-state index in [1.165, 1.54) is 6.92 Å². The van der Waals surface area contributed by atoms with Gasteiger partial charge in [-0.25, -0.2) is 0 Å². The minimum Gasteiger partial charge on any atom is -0.368 e. The summed E-state index contributed by atoms with van der Waals surface area (Å²) >= 11 is 0. The zero-order valence-electron chi connectivity index (χ0n) is 35.0. The lowest BCUT2D eigenvalue weighted by Gasteiger charge is -2.21.